The summed E-state index contributed by atoms with van der Waals surface area (Å²) in [6.45, 7) is 6.26. The van der Waals surface area contributed by atoms with Crippen molar-refractivity contribution in [2.75, 3.05) is 0 Å². The number of halogens is 2. The molecule has 2 aromatic rings. The van der Waals surface area contributed by atoms with E-state index in [2.05, 4.69) is 38.3 Å². The second-order valence-corrected chi connectivity index (χ2v) is 5.92. The van der Waals surface area contributed by atoms with Gasteiger partial charge in [0.2, 0.25) is 0 Å². The van der Waals surface area contributed by atoms with Gasteiger partial charge >= 0.3 is 0 Å². The molecule has 2 aromatic carbocycles. The number of hydrogen-bond acceptors (Lipinski definition) is 2. The molecule has 0 aromatic heterocycles. The van der Waals surface area contributed by atoms with Crippen molar-refractivity contribution in [3.05, 3.63) is 68.2 Å². The molecule has 0 aliphatic heterocycles. The van der Waals surface area contributed by atoms with Crippen molar-refractivity contribution in [2.45, 2.75) is 26.8 Å². The second-order valence-electron chi connectivity index (χ2n) is 5.08. The first-order valence-electron chi connectivity index (χ1n) is 6.43. The van der Waals surface area contributed by atoms with E-state index in [1.54, 1.807) is 6.07 Å². The number of benzene rings is 2. The van der Waals surface area contributed by atoms with Crippen molar-refractivity contribution in [1.82, 2.24) is 5.43 Å². The van der Waals surface area contributed by atoms with Crippen molar-refractivity contribution in [1.29, 1.82) is 0 Å². The molecule has 1 atom stereocenters. The highest BCUT2D eigenvalue weighted by molar-refractivity contribution is 6.35. The van der Waals surface area contributed by atoms with Crippen LogP contribution in [0.3, 0.4) is 0 Å². The molecule has 0 spiro atoms. The number of aryl methyl sites for hydroxylation is 3. The van der Waals surface area contributed by atoms with Crippen molar-refractivity contribution < 1.29 is 0 Å². The van der Waals surface area contributed by atoms with Crippen LogP contribution in [0.25, 0.3) is 0 Å². The van der Waals surface area contributed by atoms with Crippen LogP contribution in [-0.4, -0.2) is 0 Å². The van der Waals surface area contributed by atoms with Gasteiger partial charge in [0.25, 0.3) is 0 Å². The Kier molecular flexibility index (Phi) is 4.71. The van der Waals surface area contributed by atoms with Crippen molar-refractivity contribution in [2.24, 2.45) is 5.84 Å². The third-order valence-electron chi connectivity index (χ3n) is 3.47. The van der Waals surface area contributed by atoms with Crippen LogP contribution < -0.4 is 11.3 Å². The first-order chi connectivity index (χ1) is 9.43. The highest BCUT2D eigenvalue weighted by atomic mass is 35.5. The van der Waals surface area contributed by atoms with Crippen LogP contribution in [0.4, 0.5) is 0 Å². The van der Waals surface area contributed by atoms with Gasteiger partial charge in [-0.15, -0.1) is 0 Å². The molecule has 20 heavy (non-hydrogen) atoms. The van der Waals surface area contributed by atoms with Gasteiger partial charge in [-0.05, 0) is 55.2 Å². The summed E-state index contributed by atoms with van der Waals surface area (Å²) in [5.74, 6) is 5.78. The predicted molar refractivity (Wildman–Crippen MR) is 86.3 cm³/mol. The van der Waals surface area contributed by atoms with E-state index in [4.69, 9.17) is 29.0 Å². The zero-order valence-corrected chi connectivity index (χ0v) is 13.3. The average Bonchev–Trinajstić information content (AvgIpc) is 2.34. The van der Waals surface area contributed by atoms with E-state index in [0.717, 1.165) is 11.1 Å². The van der Waals surface area contributed by atoms with Gasteiger partial charge in [-0.25, -0.2) is 5.43 Å². The fourth-order valence-electron chi connectivity index (χ4n) is 2.71. The molecule has 0 heterocycles. The molecule has 1 unspecified atom stereocenters. The molecule has 4 heteroatoms. The van der Waals surface area contributed by atoms with Gasteiger partial charge in [0.05, 0.1) is 6.04 Å². The molecule has 0 saturated heterocycles. The Hall–Kier alpha value is -1.06. The molecule has 0 aliphatic rings. The maximum absolute atomic E-state index is 6.31. The van der Waals surface area contributed by atoms with E-state index < -0.39 is 0 Å². The molecule has 0 saturated carbocycles. The van der Waals surface area contributed by atoms with Crippen LogP contribution in [0.5, 0.6) is 0 Å². The summed E-state index contributed by atoms with van der Waals surface area (Å²) in [6.07, 6.45) is 0. The molecule has 106 valence electrons. The maximum atomic E-state index is 6.31. The molecule has 0 fully saturated rings. The van der Waals surface area contributed by atoms with E-state index in [1.807, 2.05) is 12.1 Å². The molecular formula is C16H18Cl2N2. The van der Waals surface area contributed by atoms with Gasteiger partial charge in [0.1, 0.15) is 0 Å². The average molecular weight is 309 g/mol. The Balaban J connectivity index is 2.58. The highest BCUT2D eigenvalue weighted by Gasteiger charge is 2.19. The Bertz CT molecular complexity index is 615. The molecule has 0 bridgehead atoms. The maximum Gasteiger partial charge on any atom is 0.0729 e. The lowest BCUT2D eigenvalue weighted by Gasteiger charge is -2.23. The molecule has 0 amide bonds. The van der Waals surface area contributed by atoms with Gasteiger partial charge in [-0.3, -0.25) is 5.84 Å². The Labute approximate surface area is 129 Å². The van der Waals surface area contributed by atoms with E-state index in [1.165, 1.54) is 16.7 Å². The Morgan fingerprint density at radius 1 is 1.00 bits per heavy atom. The van der Waals surface area contributed by atoms with E-state index in [9.17, 15) is 0 Å². The van der Waals surface area contributed by atoms with E-state index in [0.29, 0.717) is 10.0 Å². The monoisotopic (exact) mass is 308 g/mol. The lowest BCUT2D eigenvalue weighted by atomic mass is 9.90. The summed E-state index contributed by atoms with van der Waals surface area (Å²) in [4.78, 5) is 0. The lowest BCUT2D eigenvalue weighted by Crippen LogP contribution is -2.30. The second kappa shape index (κ2) is 6.15. The van der Waals surface area contributed by atoms with E-state index in [-0.39, 0.29) is 6.04 Å². The van der Waals surface area contributed by atoms with Gasteiger partial charge in [-0.2, -0.15) is 0 Å². The van der Waals surface area contributed by atoms with Crippen molar-refractivity contribution in [3.8, 4) is 0 Å². The minimum Gasteiger partial charge on any atom is -0.271 e. The minimum atomic E-state index is -0.152. The largest absolute Gasteiger partial charge is 0.271 e. The Morgan fingerprint density at radius 2 is 1.60 bits per heavy atom. The number of rotatable bonds is 3. The van der Waals surface area contributed by atoms with E-state index >= 15 is 0 Å². The van der Waals surface area contributed by atoms with Gasteiger partial charge in [0.15, 0.2) is 0 Å². The van der Waals surface area contributed by atoms with Gasteiger partial charge in [0, 0.05) is 10.0 Å². The molecular weight excluding hydrogens is 291 g/mol. The summed E-state index contributed by atoms with van der Waals surface area (Å²) < 4.78 is 0. The van der Waals surface area contributed by atoms with Crippen molar-refractivity contribution >= 4 is 23.2 Å². The third kappa shape index (κ3) is 2.99. The quantitative estimate of drug-likeness (QED) is 0.648. The minimum absolute atomic E-state index is 0.152. The number of hydrogen-bond donors (Lipinski definition) is 2. The zero-order chi connectivity index (χ0) is 14.9. The lowest BCUT2D eigenvalue weighted by molar-refractivity contribution is 0.630. The topological polar surface area (TPSA) is 38.0 Å². The molecule has 0 radical (unpaired) electrons. The normalized spacial score (nSPS) is 12.5. The third-order valence-corrected chi connectivity index (χ3v) is 4.03. The summed E-state index contributed by atoms with van der Waals surface area (Å²) >= 11 is 12.3. The fraction of sp³-hybridized carbons (Fsp3) is 0.250. The zero-order valence-electron chi connectivity index (χ0n) is 11.8. The SMILES string of the molecule is Cc1cc(C)c(C(NN)c2ccc(Cl)cc2Cl)c(C)c1. The summed E-state index contributed by atoms with van der Waals surface area (Å²) in [5.41, 5.74) is 8.57. The number of nitrogens with one attached hydrogen (secondary N) is 1. The number of hydrazine groups is 1. The van der Waals surface area contributed by atoms with Gasteiger partial charge < -0.3 is 0 Å². The van der Waals surface area contributed by atoms with Crippen LogP contribution in [0.1, 0.15) is 33.9 Å². The smallest absolute Gasteiger partial charge is 0.0729 e. The summed E-state index contributed by atoms with van der Waals surface area (Å²) in [5, 5.41) is 1.23. The predicted octanol–water partition coefficient (Wildman–Crippen LogP) is 4.47. The first-order valence-corrected chi connectivity index (χ1v) is 7.18. The summed E-state index contributed by atoms with van der Waals surface area (Å²) in [7, 11) is 0. The van der Waals surface area contributed by atoms with Crippen LogP contribution in [0.2, 0.25) is 10.0 Å². The first kappa shape index (κ1) is 15.3. The molecule has 3 N–H and O–H groups in total. The van der Waals surface area contributed by atoms with Crippen LogP contribution in [0, 0.1) is 20.8 Å². The van der Waals surface area contributed by atoms with Crippen LogP contribution in [-0.2, 0) is 0 Å². The molecule has 2 rings (SSSR count). The van der Waals surface area contributed by atoms with Crippen LogP contribution >= 0.6 is 23.2 Å². The summed E-state index contributed by atoms with van der Waals surface area (Å²) in [6, 6.07) is 9.62. The van der Waals surface area contributed by atoms with Crippen molar-refractivity contribution in [3.63, 3.8) is 0 Å². The fourth-order valence-corrected chi connectivity index (χ4v) is 3.23. The van der Waals surface area contributed by atoms with Crippen LogP contribution in [0.15, 0.2) is 30.3 Å². The molecule has 2 nitrogen and oxygen atoms in total. The van der Waals surface area contributed by atoms with Gasteiger partial charge in [-0.1, -0.05) is 47.0 Å². The highest BCUT2D eigenvalue weighted by Crippen LogP contribution is 2.33. The standard InChI is InChI=1S/C16H18Cl2N2/c1-9-6-10(2)15(11(3)7-9)16(20-19)13-5-4-12(17)8-14(13)18/h4-8,16,20H,19H2,1-3H3. The number of nitrogens with two attached hydrogens (primary N) is 1. The Morgan fingerprint density at radius 3 is 2.10 bits per heavy atom. The molecule has 0 aliphatic carbocycles.